The normalized spacial score (nSPS) is 12.2. The third kappa shape index (κ3) is 10.1. The molecule has 0 amide bonds. The van der Waals surface area contributed by atoms with Gasteiger partial charge in [0.1, 0.15) is 0 Å². The average Bonchev–Trinajstić information content (AvgIpc) is 3.29. The van der Waals surface area contributed by atoms with E-state index in [0.717, 1.165) is 56.9 Å². The fraction of sp³-hybridized carbons (Fsp3) is 0.348. The predicted octanol–water partition coefficient (Wildman–Crippen LogP) is 10.1. The van der Waals surface area contributed by atoms with E-state index in [1.165, 1.54) is 0 Å². The Labute approximate surface area is 354 Å². The summed E-state index contributed by atoms with van der Waals surface area (Å²) in [5.41, 5.74) is 7.52. The lowest BCUT2D eigenvalue weighted by Crippen LogP contribution is -2.40. The molecule has 322 valence electrons. The monoisotopic (exact) mass is 824 g/mol. The molecule has 0 aromatic heterocycles. The van der Waals surface area contributed by atoms with Crippen molar-refractivity contribution in [2.75, 3.05) is 87.9 Å². The first-order valence-corrected chi connectivity index (χ1v) is 19.4. The van der Waals surface area contributed by atoms with Gasteiger partial charge in [-0.3, -0.25) is 0 Å². The lowest BCUT2D eigenvalue weighted by molar-refractivity contribution is -0.171. The molecule has 0 heterocycles. The van der Waals surface area contributed by atoms with E-state index in [-0.39, 0.29) is 0 Å². The summed E-state index contributed by atoms with van der Waals surface area (Å²) in [5.74, 6) is -4.68. The molecular weight excluding hydrogens is 765 g/mol. The van der Waals surface area contributed by atoms with Crippen LogP contribution in [-0.4, -0.2) is 80.5 Å². The zero-order chi connectivity index (χ0) is 43.6. The number of hydrogen-bond acceptors (Lipinski definition) is 14. The molecule has 5 aromatic carbocycles. The molecule has 14 nitrogen and oxygen atoms in total. The van der Waals surface area contributed by atoms with Crippen LogP contribution in [0.3, 0.4) is 0 Å². The number of ether oxygens (including phenoxy) is 8. The third-order valence-electron chi connectivity index (χ3n) is 10.5. The van der Waals surface area contributed by atoms with E-state index in [2.05, 4.69) is 43.2 Å². The van der Waals surface area contributed by atoms with Crippen LogP contribution < -0.4 is 31.1 Å². The van der Waals surface area contributed by atoms with E-state index in [0.29, 0.717) is 0 Å². The molecule has 0 aliphatic heterocycles. The number of nitrogens with one attached hydrogen (secondary N) is 4. The standard InChI is InChI=1S/C46H60N6O8/c1-43(53-5,54-6)47-33-23-13-17-27-37(33)51(38-28-18-14-24-34(38)48-44(2,55-7)56-8)41-31-21-22-32-42(41)52(39-29-19-15-25-35(39)49-45(3,57-9)58-10)40-30-20-16-26-36(40)50-46(4,59-11)60-12/h13-32,47-50H,1-12H3. The van der Waals surface area contributed by atoms with Gasteiger partial charge in [0.15, 0.2) is 0 Å². The summed E-state index contributed by atoms with van der Waals surface area (Å²) < 4.78 is 46.5. The summed E-state index contributed by atoms with van der Waals surface area (Å²) in [6.07, 6.45) is 0. The summed E-state index contributed by atoms with van der Waals surface area (Å²) in [4.78, 5) is 4.33. The Morgan fingerprint density at radius 1 is 0.283 bits per heavy atom. The van der Waals surface area contributed by atoms with E-state index in [9.17, 15) is 0 Å². The molecule has 0 saturated carbocycles. The topological polar surface area (TPSA) is 128 Å². The van der Waals surface area contributed by atoms with Gasteiger partial charge in [-0.1, -0.05) is 60.7 Å². The van der Waals surface area contributed by atoms with Crippen LogP contribution in [0.5, 0.6) is 0 Å². The first-order valence-electron chi connectivity index (χ1n) is 19.4. The maximum absolute atomic E-state index is 5.82. The molecule has 0 fully saturated rings. The van der Waals surface area contributed by atoms with Crippen LogP contribution in [0.4, 0.5) is 56.9 Å². The van der Waals surface area contributed by atoms with Crippen molar-refractivity contribution in [1.82, 2.24) is 0 Å². The maximum Gasteiger partial charge on any atom is 0.245 e. The first kappa shape index (κ1) is 45.7. The van der Waals surface area contributed by atoms with E-state index in [1.807, 2.05) is 137 Å². The Morgan fingerprint density at radius 2 is 0.450 bits per heavy atom. The second-order valence-electron chi connectivity index (χ2n) is 14.1. The Morgan fingerprint density at radius 3 is 0.633 bits per heavy atom. The fourth-order valence-electron chi connectivity index (χ4n) is 6.44. The van der Waals surface area contributed by atoms with Gasteiger partial charge in [-0.2, -0.15) is 0 Å². The highest BCUT2D eigenvalue weighted by molar-refractivity contribution is 5.99. The highest BCUT2D eigenvalue weighted by Crippen LogP contribution is 2.52. The van der Waals surface area contributed by atoms with Crippen LogP contribution >= 0.6 is 0 Å². The number of rotatable bonds is 22. The zero-order valence-electron chi connectivity index (χ0n) is 36.7. The Bertz CT molecular complexity index is 1860. The van der Waals surface area contributed by atoms with Crippen molar-refractivity contribution >= 4 is 56.9 Å². The second-order valence-corrected chi connectivity index (χ2v) is 14.1. The van der Waals surface area contributed by atoms with Gasteiger partial charge in [0.05, 0.1) is 56.9 Å². The molecule has 5 rings (SSSR count). The quantitative estimate of drug-likeness (QED) is 0.0494. The van der Waals surface area contributed by atoms with Crippen molar-refractivity contribution in [2.24, 2.45) is 0 Å². The Kier molecular flexibility index (Phi) is 15.0. The van der Waals surface area contributed by atoms with Crippen molar-refractivity contribution in [3.63, 3.8) is 0 Å². The average molecular weight is 825 g/mol. The summed E-state index contributed by atoms with van der Waals surface area (Å²) in [6, 6.07) is 40.0. The van der Waals surface area contributed by atoms with E-state index in [4.69, 9.17) is 37.9 Å². The molecule has 0 unspecified atom stereocenters. The Balaban J connectivity index is 1.91. The highest BCUT2D eigenvalue weighted by atomic mass is 16.7. The minimum absolute atomic E-state index is 0.720. The van der Waals surface area contributed by atoms with Gasteiger partial charge in [-0.15, -0.1) is 0 Å². The molecule has 0 spiro atoms. The van der Waals surface area contributed by atoms with Crippen LogP contribution in [0.15, 0.2) is 121 Å². The molecule has 0 atom stereocenters. The fourth-order valence-corrected chi connectivity index (χ4v) is 6.44. The third-order valence-corrected chi connectivity index (χ3v) is 10.5. The van der Waals surface area contributed by atoms with Gasteiger partial charge in [0, 0.05) is 84.6 Å². The second kappa shape index (κ2) is 19.8. The molecule has 4 N–H and O–H groups in total. The van der Waals surface area contributed by atoms with Gasteiger partial charge < -0.3 is 69.0 Å². The number of benzene rings is 5. The lowest BCUT2D eigenvalue weighted by atomic mass is 10.1. The molecular formula is C46H60N6O8. The maximum atomic E-state index is 5.82. The van der Waals surface area contributed by atoms with Gasteiger partial charge >= 0.3 is 0 Å². The van der Waals surface area contributed by atoms with Crippen molar-refractivity contribution in [3.8, 4) is 0 Å². The molecule has 0 aliphatic rings. The summed E-state index contributed by atoms with van der Waals surface area (Å²) in [6.45, 7) is 7.27. The number of nitrogens with zero attached hydrogens (tertiary/aromatic N) is 2. The first-order chi connectivity index (χ1) is 28.8. The highest BCUT2D eigenvalue weighted by Gasteiger charge is 2.33. The summed E-state index contributed by atoms with van der Waals surface area (Å²) >= 11 is 0. The zero-order valence-corrected chi connectivity index (χ0v) is 36.7. The molecule has 5 aromatic rings. The number of para-hydroxylation sites is 10. The van der Waals surface area contributed by atoms with Gasteiger partial charge in [0.25, 0.3) is 0 Å². The van der Waals surface area contributed by atoms with Crippen molar-refractivity contribution in [1.29, 1.82) is 0 Å². The van der Waals surface area contributed by atoms with Crippen LogP contribution in [-0.2, 0) is 37.9 Å². The Hall–Kier alpha value is -5.42. The molecule has 60 heavy (non-hydrogen) atoms. The summed E-state index contributed by atoms with van der Waals surface area (Å²) in [5, 5.41) is 14.0. The lowest BCUT2D eigenvalue weighted by Gasteiger charge is -2.39. The van der Waals surface area contributed by atoms with Gasteiger partial charge in [0.2, 0.25) is 23.6 Å². The summed E-state index contributed by atoms with van der Waals surface area (Å²) in [7, 11) is 12.7. The van der Waals surface area contributed by atoms with Gasteiger partial charge in [-0.25, -0.2) is 0 Å². The van der Waals surface area contributed by atoms with Crippen LogP contribution in [0.2, 0.25) is 0 Å². The van der Waals surface area contributed by atoms with E-state index in [1.54, 1.807) is 56.9 Å². The largest absolute Gasteiger partial charge is 0.336 e. The van der Waals surface area contributed by atoms with Crippen molar-refractivity contribution < 1.29 is 37.9 Å². The minimum Gasteiger partial charge on any atom is -0.336 e. The molecule has 0 radical (unpaired) electrons. The number of anilines is 10. The molecule has 0 saturated heterocycles. The SMILES string of the molecule is COC(C)(Nc1ccccc1N(c1ccccc1NC(C)(OC)OC)c1ccccc1N(c1ccccc1NC(C)(OC)OC)c1ccccc1NC(C)(OC)OC)OC. The number of hydrogen-bond donors (Lipinski definition) is 4. The molecule has 14 heteroatoms. The van der Waals surface area contributed by atoms with Crippen LogP contribution in [0, 0.1) is 0 Å². The van der Waals surface area contributed by atoms with Crippen LogP contribution in [0.1, 0.15) is 27.7 Å². The van der Waals surface area contributed by atoms with Crippen LogP contribution in [0.25, 0.3) is 0 Å². The van der Waals surface area contributed by atoms with E-state index < -0.39 is 23.6 Å². The smallest absolute Gasteiger partial charge is 0.245 e. The van der Waals surface area contributed by atoms with Gasteiger partial charge in [-0.05, 0) is 60.7 Å². The molecule has 0 bridgehead atoms. The van der Waals surface area contributed by atoms with Crippen molar-refractivity contribution in [3.05, 3.63) is 121 Å². The minimum atomic E-state index is -1.17. The van der Waals surface area contributed by atoms with E-state index >= 15 is 0 Å². The number of methoxy groups -OCH3 is 8. The van der Waals surface area contributed by atoms with Crippen molar-refractivity contribution in [2.45, 2.75) is 51.3 Å². The predicted molar refractivity (Wildman–Crippen MR) is 240 cm³/mol. The molecule has 0 aliphatic carbocycles.